The average molecular weight is 275 g/mol. The van der Waals surface area contributed by atoms with Gasteiger partial charge in [-0.3, -0.25) is 0 Å². The van der Waals surface area contributed by atoms with Crippen molar-refractivity contribution in [2.24, 2.45) is 5.41 Å². The predicted octanol–water partition coefficient (Wildman–Crippen LogP) is 3.76. The van der Waals surface area contributed by atoms with Crippen LogP contribution >= 0.6 is 0 Å². The molecule has 0 aliphatic carbocycles. The smallest absolute Gasteiger partial charge is 0.0538 e. The Bertz CT molecular complexity index is 402. The molecule has 1 aliphatic heterocycles. The fraction of sp³-hybridized carbons (Fsp3) is 0.667. The van der Waals surface area contributed by atoms with Crippen LogP contribution in [0.15, 0.2) is 24.3 Å². The summed E-state index contributed by atoms with van der Waals surface area (Å²) in [5.74, 6) is 0.607. The Labute approximate surface area is 123 Å². The molecule has 2 nitrogen and oxygen atoms in total. The summed E-state index contributed by atoms with van der Waals surface area (Å²) in [6.45, 7) is 11.8. The lowest BCUT2D eigenvalue weighted by molar-refractivity contribution is 0.148. The second-order valence-corrected chi connectivity index (χ2v) is 6.91. The summed E-state index contributed by atoms with van der Waals surface area (Å²) >= 11 is 0. The quantitative estimate of drug-likeness (QED) is 0.853. The summed E-state index contributed by atoms with van der Waals surface area (Å²) in [7, 11) is 0. The second-order valence-electron chi connectivity index (χ2n) is 6.91. The highest BCUT2D eigenvalue weighted by atomic mass is 16.5. The summed E-state index contributed by atoms with van der Waals surface area (Å²) in [4.78, 5) is 0. The van der Waals surface area contributed by atoms with Gasteiger partial charge in [0.15, 0.2) is 0 Å². The standard InChI is InChI=1S/C18H29NO/c1-14(2)17-7-5-16(6-8-17)11-18(9-10-20-13-18)12-19-15(3)4/h5-8,14-15,19H,9-13H2,1-4H3. The van der Waals surface area contributed by atoms with Gasteiger partial charge in [0.05, 0.1) is 6.61 Å². The number of rotatable bonds is 6. The van der Waals surface area contributed by atoms with Crippen molar-refractivity contribution in [3.63, 3.8) is 0 Å². The van der Waals surface area contributed by atoms with Gasteiger partial charge in [0.1, 0.15) is 0 Å². The van der Waals surface area contributed by atoms with Gasteiger partial charge in [0.25, 0.3) is 0 Å². The Kier molecular flexibility index (Phi) is 5.22. The molecule has 1 aromatic carbocycles. The lowest BCUT2D eigenvalue weighted by Crippen LogP contribution is -2.39. The molecule has 112 valence electrons. The molecule has 2 heteroatoms. The van der Waals surface area contributed by atoms with Gasteiger partial charge >= 0.3 is 0 Å². The molecular weight excluding hydrogens is 246 g/mol. The molecule has 0 aromatic heterocycles. The van der Waals surface area contributed by atoms with Crippen LogP contribution in [0.3, 0.4) is 0 Å². The van der Waals surface area contributed by atoms with Crippen LogP contribution in [0.25, 0.3) is 0 Å². The van der Waals surface area contributed by atoms with E-state index in [-0.39, 0.29) is 5.41 Å². The molecule has 0 bridgehead atoms. The fourth-order valence-electron chi connectivity index (χ4n) is 2.86. The van der Waals surface area contributed by atoms with E-state index in [2.05, 4.69) is 57.3 Å². The van der Waals surface area contributed by atoms with Gasteiger partial charge in [-0.25, -0.2) is 0 Å². The molecule has 1 atom stereocenters. The van der Waals surface area contributed by atoms with E-state index < -0.39 is 0 Å². The van der Waals surface area contributed by atoms with Crippen molar-refractivity contribution in [3.05, 3.63) is 35.4 Å². The molecule has 1 unspecified atom stereocenters. The summed E-state index contributed by atoms with van der Waals surface area (Å²) in [6.07, 6.45) is 2.28. The van der Waals surface area contributed by atoms with Gasteiger partial charge in [-0.05, 0) is 29.9 Å². The van der Waals surface area contributed by atoms with Gasteiger partial charge in [0, 0.05) is 24.6 Å². The van der Waals surface area contributed by atoms with Crippen molar-refractivity contribution in [3.8, 4) is 0 Å². The van der Waals surface area contributed by atoms with Gasteiger partial charge in [-0.1, -0.05) is 52.0 Å². The highest BCUT2D eigenvalue weighted by Crippen LogP contribution is 2.32. The molecule has 1 aliphatic rings. The van der Waals surface area contributed by atoms with Gasteiger partial charge in [0.2, 0.25) is 0 Å². The van der Waals surface area contributed by atoms with Crippen LogP contribution in [-0.4, -0.2) is 25.8 Å². The van der Waals surface area contributed by atoms with Crippen molar-refractivity contribution >= 4 is 0 Å². The maximum Gasteiger partial charge on any atom is 0.0538 e. The van der Waals surface area contributed by atoms with E-state index in [1.54, 1.807) is 0 Å². The molecule has 1 saturated heterocycles. The zero-order valence-corrected chi connectivity index (χ0v) is 13.4. The molecule has 0 saturated carbocycles. The Morgan fingerprint density at radius 1 is 1.15 bits per heavy atom. The Hall–Kier alpha value is -0.860. The van der Waals surface area contributed by atoms with Crippen LogP contribution in [-0.2, 0) is 11.2 Å². The molecule has 1 aromatic rings. The number of nitrogens with one attached hydrogen (secondary N) is 1. The Morgan fingerprint density at radius 3 is 2.35 bits per heavy atom. The molecule has 0 radical (unpaired) electrons. The summed E-state index contributed by atoms with van der Waals surface area (Å²) in [5, 5.41) is 3.60. The van der Waals surface area contributed by atoms with E-state index >= 15 is 0 Å². The van der Waals surface area contributed by atoms with Gasteiger partial charge in [-0.2, -0.15) is 0 Å². The van der Waals surface area contributed by atoms with E-state index in [1.165, 1.54) is 17.5 Å². The van der Waals surface area contributed by atoms with Crippen LogP contribution in [0.2, 0.25) is 0 Å². The number of hydrogen-bond donors (Lipinski definition) is 1. The highest BCUT2D eigenvalue weighted by molar-refractivity contribution is 5.25. The Morgan fingerprint density at radius 2 is 1.85 bits per heavy atom. The monoisotopic (exact) mass is 275 g/mol. The molecule has 1 heterocycles. The first kappa shape index (κ1) is 15.5. The maximum atomic E-state index is 5.69. The average Bonchev–Trinajstić information content (AvgIpc) is 2.86. The summed E-state index contributed by atoms with van der Waals surface area (Å²) in [5.41, 5.74) is 3.14. The van der Waals surface area contributed by atoms with Crippen LogP contribution in [0, 0.1) is 5.41 Å². The molecule has 0 spiro atoms. The first-order valence-corrected chi connectivity index (χ1v) is 7.91. The SMILES string of the molecule is CC(C)NCC1(Cc2ccc(C(C)C)cc2)CCOC1. The maximum absolute atomic E-state index is 5.69. The molecule has 2 rings (SSSR count). The third-order valence-electron chi connectivity index (χ3n) is 4.30. The number of hydrogen-bond acceptors (Lipinski definition) is 2. The van der Waals surface area contributed by atoms with E-state index in [1.807, 2.05) is 0 Å². The third-order valence-corrected chi connectivity index (χ3v) is 4.30. The van der Waals surface area contributed by atoms with Crippen molar-refractivity contribution in [2.75, 3.05) is 19.8 Å². The van der Waals surface area contributed by atoms with Gasteiger partial charge < -0.3 is 10.1 Å². The van der Waals surface area contributed by atoms with Crippen molar-refractivity contribution in [1.29, 1.82) is 0 Å². The zero-order valence-electron chi connectivity index (χ0n) is 13.4. The van der Waals surface area contributed by atoms with E-state index in [0.717, 1.165) is 26.2 Å². The van der Waals surface area contributed by atoms with Crippen LogP contribution in [0.1, 0.15) is 51.2 Å². The zero-order chi connectivity index (χ0) is 14.6. The van der Waals surface area contributed by atoms with E-state index in [0.29, 0.717) is 12.0 Å². The molecule has 1 N–H and O–H groups in total. The van der Waals surface area contributed by atoms with Crippen molar-refractivity contribution in [1.82, 2.24) is 5.32 Å². The molecular formula is C18H29NO. The third kappa shape index (κ3) is 4.07. The molecule has 0 amide bonds. The Balaban J connectivity index is 2.04. The lowest BCUT2D eigenvalue weighted by Gasteiger charge is -2.29. The fourth-order valence-corrected chi connectivity index (χ4v) is 2.86. The van der Waals surface area contributed by atoms with Crippen LogP contribution in [0.5, 0.6) is 0 Å². The van der Waals surface area contributed by atoms with E-state index in [9.17, 15) is 0 Å². The van der Waals surface area contributed by atoms with Gasteiger partial charge in [-0.15, -0.1) is 0 Å². The minimum atomic E-state index is 0.281. The van der Waals surface area contributed by atoms with Crippen LogP contribution in [0.4, 0.5) is 0 Å². The lowest BCUT2D eigenvalue weighted by atomic mass is 9.80. The molecule has 20 heavy (non-hydrogen) atoms. The first-order chi connectivity index (χ1) is 9.51. The predicted molar refractivity (Wildman–Crippen MR) is 85.2 cm³/mol. The largest absolute Gasteiger partial charge is 0.381 e. The summed E-state index contributed by atoms with van der Waals surface area (Å²) in [6, 6.07) is 9.68. The first-order valence-electron chi connectivity index (χ1n) is 7.91. The molecule has 1 fully saturated rings. The number of benzene rings is 1. The second kappa shape index (κ2) is 6.73. The van der Waals surface area contributed by atoms with Crippen molar-refractivity contribution < 1.29 is 4.74 Å². The minimum absolute atomic E-state index is 0.281. The number of ether oxygens (including phenoxy) is 1. The topological polar surface area (TPSA) is 21.3 Å². The normalized spacial score (nSPS) is 22.9. The van der Waals surface area contributed by atoms with Crippen LogP contribution < -0.4 is 5.32 Å². The van der Waals surface area contributed by atoms with E-state index in [4.69, 9.17) is 4.74 Å². The highest BCUT2D eigenvalue weighted by Gasteiger charge is 2.34. The minimum Gasteiger partial charge on any atom is -0.381 e. The summed E-state index contributed by atoms with van der Waals surface area (Å²) < 4.78 is 5.69. The van der Waals surface area contributed by atoms with Crippen molar-refractivity contribution in [2.45, 2.75) is 52.5 Å².